The summed E-state index contributed by atoms with van der Waals surface area (Å²) in [6, 6.07) is 1.96. The van der Waals surface area contributed by atoms with E-state index in [0.29, 0.717) is 6.54 Å². The summed E-state index contributed by atoms with van der Waals surface area (Å²) in [5.41, 5.74) is -0.343. The first-order chi connectivity index (χ1) is 9.92. The third kappa shape index (κ3) is 3.48. The second kappa shape index (κ2) is 6.36. The molecular weight excluding hydrogens is 322 g/mol. The average Bonchev–Trinajstić information content (AvgIpc) is 2.44. The van der Waals surface area contributed by atoms with Gasteiger partial charge in [-0.25, -0.2) is 9.97 Å². The summed E-state index contributed by atoms with van der Waals surface area (Å²) < 4.78 is 13.6. The Kier molecular flexibility index (Phi) is 4.74. The molecule has 9 heteroatoms. The fourth-order valence-electron chi connectivity index (χ4n) is 1.65. The van der Waals surface area contributed by atoms with Gasteiger partial charge in [-0.05, 0) is 6.42 Å². The van der Waals surface area contributed by atoms with E-state index in [0.717, 1.165) is 18.6 Å². The molecule has 0 amide bonds. The molecule has 1 aromatic carbocycles. The number of nitrogens with zero attached hydrogens (tertiary/aromatic N) is 3. The second-order valence-electron chi connectivity index (χ2n) is 4.30. The van der Waals surface area contributed by atoms with E-state index in [1.165, 1.54) is 0 Å². The van der Waals surface area contributed by atoms with Gasteiger partial charge in [-0.1, -0.05) is 18.5 Å². The Morgan fingerprint density at radius 2 is 2.10 bits per heavy atom. The standard InChI is InChI=1S/C12H11Cl2FN4O2/c1-2-6(13)5-16-12-11(14)17-9-4-10(19(20)21)7(15)3-8(9)18-12/h3-4,6H,2,5H2,1H3,(H,16,18). The lowest BCUT2D eigenvalue weighted by Gasteiger charge is -2.10. The monoisotopic (exact) mass is 332 g/mol. The third-order valence-corrected chi connectivity index (χ3v) is 3.55. The topological polar surface area (TPSA) is 81.0 Å². The fraction of sp³-hybridized carbons (Fsp3) is 0.333. The van der Waals surface area contributed by atoms with Crippen LogP contribution in [0, 0.1) is 15.9 Å². The van der Waals surface area contributed by atoms with Gasteiger partial charge in [0.25, 0.3) is 0 Å². The fourth-order valence-corrected chi connectivity index (χ4v) is 1.93. The molecule has 2 aromatic rings. The first kappa shape index (κ1) is 15.7. The molecule has 0 aliphatic heterocycles. The molecule has 0 fully saturated rings. The summed E-state index contributed by atoms with van der Waals surface area (Å²) in [5, 5.41) is 13.5. The molecular formula is C12H11Cl2FN4O2. The minimum atomic E-state index is -0.973. The molecule has 1 heterocycles. The predicted octanol–water partition coefficient (Wildman–Crippen LogP) is 3.76. The van der Waals surface area contributed by atoms with Gasteiger partial charge in [0, 0.05) is 18.7 Å². The number of nitro groups is 1. The van der Waals surface area contributed by atoms with E-state index in [9.17, 15) is 14.5 Å². The lowest BCUT2D eigenvalue weighted by Crippen LogP contribution is -2.14. The number of fused-ring (bicyclic) bond motifs is 1. The van der Waals surface area contributed by atoms with Gasteiger partial charge < -0.3 is 5.32 Å². The van der Waals surface area contributed by atoms with Gasteiger partial charge in [0.2, 0.25) is 5.82 Å². The van der Waals surface area contributed by atoms with Gasteiger partial charge in [-0.15, -0.1) is 11.6 Å². The Labute approximate surface area is 129 Å². The zero-order valence-electron chi connectivity index (χ0n) is 10.9. The quantitative estimate of drug-likeness (QED) is 0.512. The van der Waals surface area contributed by atoms with Gasteiger partial charge >= 0.3 is 5.69 Å². The molecule has 1 unspecified atom stereocenters. The molecule has 0 saturated heterocycles. The first-order valence-corrected chi connectivity index (χ1v) is 6.93. The van der Waals surface area contributed by atoms with Crippen molar-refractivity contribution in [2.75, 3.05) is 11.9 Å². The van der Waals surface area contributed by atoms with Crippen molar-refractivity contribution in [3.05, 3.63) is 33.2 Å². The Morgan fingerprint density at radius 1 is 1.43 bits per heavy atom. The highest BCUT2D eigenvalue weighted by Crippen LogP contribution is 2.26. The minimum absolute atomic E-state index is 0.0448. The number of hydrogen-bond acceptors (Lipinski definition) is 5. The van der Waals surface area contributed by atoms with Crippen LogP contribution in [0.4, 0.5) is 15.9 Å². The van der Waals surface area contributed by atoms with Crippen LogP contribution in [-0.2, 0) is 0 Å². The van der Waals surface area contributed by atoms with Crippen LogP contribution in [-0.4, -0.2) is 26.8 Å². The van der Waals surface area contributed by atoms with E-state index < -0.39 is 16.4 Å². The van der Waals surface area contributed by atoms with Gasteiger partial charge in [-0.2, -0.15) is 4.39 Å². The molecule has 21 heavy (non-hydrogen) atoms. The van der Waals surface area contributed by atoms with Crippen LogP contribution < -0.4 is 5.32 Å². The molecule has 1 atom stereocenters. The first-order valence-electron chi connectivity index (χ1n) is 6.11. The number of anilines is 1. The Bertz CT molecular complexity index is 699. The van der Waals surface area contributed by atoms with E-state index >= 15 is 0 Å². The third-order valence-electron chi connectivity index (χ3n) is 2.82. The van der Waals surface area contributed by atoms with Crippen molar-refractivity contribution < 1.29 is 9.31 Å². The molecule has 1 aromatic heterocycles. The van der Waals surface area contributed by atoms with Crippen LogP contribution in [0.25, 0.3) is 11.0 Å². The van der Waals surface area contributed by atoms with Crippen LogP contribution in [0.5, 0.6) is 0 Å². The van der Waals surface area contributed by atoms with E-state index in [2.05, 4.69) is 15.3 Å². The molecule has 0 aliphatic rings. The summed E-state index contributed by atoms with van der Waals surface area (Å²) in [7, 11) is 0. The molecule has 0 bridgehead atoms. The number of hydrogen-bond donors (Lipinski definition) is 1. The maximum Gasteiger partial charge on any atom is 0.307 e. The normalized spacial score (nSPS) is 12.4. The molecule has 112 valence electrons. The van der Waals surface area contributed by atoms with Gasteiger partial charge in [0.15, 0.2) is 11.0 Å². The molecule has 1 N–H and O–H groups in total. The lowest BCUT2D eigenvalue weighted by molar-refractivity contribution is -0.387. The van der Waals surface area contributed by atoms with Crippen LogP contribution in [0.15, 0.2) is 12.1 Å². The molecule has 6 nitrogen and oxygen atoms in total. The molecule has 0 radical (unpaired) electrons. The summed E-state index contributed by atoms with van der Waals surface area (Å²) in [5.74, 6) is -0.713. The predicted molar refractivity (Wildman–Crippen MR) is 79.6 cm³/mol. The van der Waals surface area contributed by atoms with Gasteiger partial charge in [-0.3, -0.25) is 10.1 Å². The Balaban J connectivity index is 2.41. The van der Waals surface area contributed by atoms with Crippen molar-refractivity contribution >= 4 is 45.7 Å². The summed E-state index contributed by atoms with van der Waals surface area (Å²) >= 11 is 11.9. The zero-order chi connectivity index (χ0) is 15.6. The van der Waals surface area contributed by atoms with Crippen molar-refractivity contribution in [1.82, 2.24) is 9.97 Å². The number of nitrogens with one attached hydrogen (secondary N) is 1. The highest BCUT2D eigenvalue weighted by atomic mass is 35.5. The van der Waals surface area contributed by atoms with E-state index in [4.69, 9.17) is 23.2 Å². The SMILES string of the molecule is CCC(Cl)CNc1nc2cc(F)c([N+](=O)[O-])cc2nc1Cl. The number of alkyl halides is 1. The molecule has 2 rings (SSSR count). The number of nitro benzene ring substituents is 1. The Hall–Kier alpha value is -1.73. The maximum atomic E-state index is 13.6. The Morgan fingerprint density at radius 3 is 2.71 bits per heavy atom. The van der Waals surface area contributed by atoms with Crippen molar-refractivity contribution in [1.29, 1.82) is 0 Å². The summed E-state index contributed by atoms with van der Waals surface area (Å²) in [6.07, 6.45) is 0.758. The number of benzene rings is 1. The van der Waals surface area contributed by atoms with Gasteiger partial charge in [0.1, 0.15) is 0 Å². The van der Waals surface area contributed by atoms with E-state index in [1.807, 2.05) is 6.92 Å². The van der Waals surface area contributed by atoms with Crippen LogP contribution in [0.1, 0.15) is 13.3 Å². The van der Waals surface area contributed by atoms with Crippen molar-refractivity contribution in [2.45, 2.75) is 18.7 Å². The van der Waals surface area contributed by atoms with Crippen molar-refractivity contribution in [2.24, 2.45) is 0 Å². The van der Waals surface area contributed by atoms with Crippen LogP contribution in [0.3, 0.4) is 0 Å². The van der Waals surface area contributed by atoms with Crippen LogP contribution in [0.2, 0.25) is 5.15 Å². The smallest absolute Gasteiger partial charge is 0.307 e. The zero-order valence-corrected chi connectivity index (χ0v) is 12.5. The van der Waals surface area contributed by atoms with Crippen molar-refractivity contribution in [3.63, 3.8) is 0 Å². The maximum absolute atomic E-state index is 13.6. The largest absolute Gasteiger partial charge is 0.366 e. The highest BCUT2D eigenvalue weighted by molar-refractivity contribution is 6.32. The summed E-state index contributed by atoms with van der Waals surface area (Å²) in [6.45, 7) is 2.36. The van der Waals surface area contributed by atoms with Crippen molar-refractivity contribution in [3.8, 4) is 0 Å². The number of halogens is 3. The number of rotatable bonds is 5. The molecule has 0 aliphatic carbocycles. The average molecular weight is 333 g/mol. The second-order valence-corrected chi connectivity index (χ2v) is 5.27. The van der Waals surface area contributed by atoms with E-state index in [-0.39, 0.29) is 27.4 Å². The van der Waals surface area contributed by atoms with E-state index in [1.54, 1.807) is 0 Å². The molecule has 0 spiro atoms. The highest BCUT2D eigenvalue weighted by Gasteiger charge is 2.18. The minimum Gasteiger partial charge on any atom is -0.366 e. The lowest BCUT2D eigenvalue weighted by atomic mass is 10.2. The van der Waals surface area contributed by atoms with Crippen LogP contribution >= 0.6 is 23.2 Å². The summed E-state index contributed by atoms with van der Waals surface area (Å²) in [4.78, 5) is 18.0. The molecule has 0 saturated carbocycles. The van der Waals surface area contributed by atoms with Gasteiger partial charge in [0.05, 0.1) is 21.3 Å². The number of aromatic nitrogens is 2.